The van der Waals surface area contributed by atoms with Crippen LogP contribution in [0.4, 0.5) is 11.4 Å². The maximum absolute atomic E-state index is 13.4. The number of carbonyl (C=O) groups is 5. The summed E-state index contributed by atoms with van der Waals surface area (Å²) in [7, 11) is 1.53. The molecular weight excluding hydrogens is 740 g/mol. The third-order valence-electron chi connectivity index (χ3n) is 8.85. The van der Waals surface area contributed by atoms with Gasteiger partial charge in [0.15, 0.2) is 5.82 Å². The molecule has 0 aromatic heterocycles. The number of carboxylic acids is 2. The van der Waals surface area contributed by atoms with E-state index >= 15 is 0 Å². The molecule has 7 N–H and O–H groups in total. The van der Waals surface area contributed by atoms with E-state index in [0.717, 1.165) is 6.20 Å². The number of amides is 3. The Morgan fingerprint density at radius 3 is 1.70 bits per heavy atom. The van der Waals surface area contributed by atoms with Crippen LogP contribution in [0.5, 0.6) is 5.75 Å². The van der Waals surface area contributed by atoms with Crippen molar-refractivity contribution in [2.24, 2.45) is 11.3 Å². The monoisotopic (exact) mass is 796 g/mol. The summed E-state index contributed by atoms with van der Waals surface area (Å²) in [6.07, 6.45) is 1.15. The van der Waals surface area contributed by atoms with Gasteiger partial charge in [0.1, 0.15) is 23.9 Å². The molecule has 0 saturated carbocycles. The summed E-state index contributed by atoms with van der Waals surface area (Å²) in [6, 6.07) is 10.1. The van der Waals surface area contributed by atoms with Crippen LogP contribution in [0, 0.1) is 21.4 Å². The summed E-state index contributed by atoms with van der Waals surface area (Å²) in [6.45, 7) is 11.2. The quantitative estimate of drug-likeness (QED) is 0.0710. The molecule has 1 saturated heterocycles. The number of anilines is 2. The summed E-state index contributed by atoms with van der Waals surface area (Å²) < 4.78 is 5.14. The third kappa shape index (κ3) is 16.9. The van der Waals surface area contributed by atoms with Crippen molar-refractivity contribution >= 4 is 41.0 Å². The maximum Gasteiger partial charge on any atom is 0.327 e. The molecule has 2 aromatic rings. The van der Waals surface area contributed by atoms with Gasteiger partial charge < -0.3 is 41.5 Å². The zero-order chi connectivity index (χ0) is 42.3. The lowest BCUT2D eigenvalue weighted by Crippen LogP contribution is -2.58. The van der Waals surface area contributed by atoms with E-state index in [-0.39, 0.29) is 55.4 Å². The molecular formula is C39H56N8O10. The van der Waals surface area contributed by atoms with Gasteiger partial charge in [-0.1, -0.05) is 46.8 Å². The lowest BCUT2D eigenvalue weighted by Gasteiger charge is -2.37. The number of piperazine rings is 1. The second-order valence-electron chi connectivity index (χ2n) is 15.6. The molecule has 3 atom stereocenters. The van der Waals surface area contributed by atoms with Crippen molar-refractivity contribution < 1.29 is 43.8 Å². The Balaban J connectivity index is 1.55. The number of nitrogens with zero attached hydrogens (tertiary/aromatic N) is 3. The minimum Gasteiger partial charge on any atom is -0.497 e. The molecule has 1 aliphatic rings. The highest BCUT2D eigenvalue weighted by Gasteiger charge is 2.31. The van der Waals surface area contributed by atoms with Crippen LogP contribution in [0.3, 0.4) is 0 Å². The van der Waals surface area contributed by atoms with Crippen molar-refractivity contribution in [3.63, 3.8) is 0 Å². The van der Waals surface area contributed by atoms with Crippen LogP contribution in [-0.4, -0.2) is 119 Å². The highest BCUT2D eigenvalue weighted by Crippen LogP contribution is 2.20. The second-order valence-corrected chi connectivity index (χ2v) is 15.6. The Morgan fingerprint density at radius 1 is 0.789 bits per heavy atom. The summed E-state index contributed by atoms with van der Waals surface area (Å²) in [5.41, 5.74) is 1.40. The fourth-order valence-corrected chi connectivity index (χ4v) is 6.07. The number of benzene rings is 2. The Bertz CT molecular complexity index is 1720. The van der Waals surface area contributed by atoms with E-state index in [4.69, 9.17) is 4.74 Å². The number of carbonyl (C=O) groups excluding carboxylic acids is 3. The SMILES string of the molecule is COc1ccc(N/C(=C/[N+](=O)[O-])Nc2ccc(CC(=O)NC(CC(C)C)C(=O)NC(CN3CCN(CC(NC(=O)CC(C)(C)C)C(=O)O)CC3)C(=O)O)cc2)cc1. The second kappa shape index (κ2) is 21.5. The number of rotatable bonds is 21. The number of carboxylic acid groups (broad SMARTS) is 2. The maximum atomic E-state index is 13.4. The number of nitro groups is 1. The first kappa shape index (κ1) is 45.6. The van der Waals surface area contributed by atoms with Crippen molar-refractivity contribution in [2.75, 3.05) is 57.0 Å². The average molecular weight is 797 g/mol. The molecule has 18 nitrogen and oxygen atoms in total. The molecule has 3 rings (SSSR count). The molecule has 3 unspecified atom stereocenters. The fraction of sp³-hybridized carbons (Fsp3) is 0.513. The molecule has 312 valence electrons. The normalized spacial score (nSPS) is 15.5. The molecule has 0 bridgehead atoms. The number of hydrogen-bond donors (Lipinski definition) is 7. The van der Waals surface area contributed by atoms with E-state index in [2.05, 4.69) is 26.6 Å². The van der Waals surface area contributed by atoms with E-state index in [9.17, 15) is 44.3 Å². The third-order valence-corrected chi connectivity index (χ3v) is 8.85. The van der Waals surface area contributed by atoms with Gasteiger partial charge in [-0.05, 0) is 59.7 Å². The van der Waals surface area contributed by atoms with Crippen LogP contribution in [0.1, 0.15) is 53.0 Å². The Morgan fingerprint density at radius 2 is 1.26 bits per heavy atom. The minimum atomic E-state index is -1.27. The molecule has 1 aliphatic heterocycles. The molecule has 2 aromatic carbocycles. The first-order valence-electron chi connectivity index (χ1n) is 18.7. The Hall–Kier alpha value is -5.75. The first-order chi connectivity index (χ1) is 26.8. The lowest BCUT2D eigenvalue weighted by molar-refractivity contribution is -0.403. The first-order valence-corrected chi connectivity index (χ1v) is 18.7. The highest BCUT2D eigenvalue weighted by atomic mass is 16.6. The zero-order valence-electron chi connectivity index (χ0n) is 33.4. The van der Waals surface area contributed by atoms with Crippen LogP contribution in [0.2, 0.25) is 0 Å². The Labute approximate surface area is 332 Å². The van der Waals surface area contributed by atoms with Crippen LogP contribution in [-0.2, 0) is 30.4 Å². The van der Waals surface area contributed by atoms with Crippen LogP contribution in [0.15, 0.2) is 60.6 Å². The highest BCUT2D eigenvalue weighted by molar-refractivity contribution is 5.91. The smallest absolute Gasteiger partial charge is 0.327 e. The molecule has 0 aliphatic carbocycles. The van der Waals surface area contributed by atoms with Gasteiger partial charge in [0.2, 0.25) is 17.7 Å². The lowest BCUT2D eigenvalue weighted by atomic mass is 9.92. The molecule has 1 fully saturated rings. The zero-order valence-corrected chi connectivity index (χ0v) is 33.4. The van der Waals surface area contributed by atoms with Gasteiger partial charge >= 0.3 is 11.9 Å². The van der Waals surface area contributed by atoms with E-state index in [1.54, 1.807) is 48.5 Å². The van der Waals surface area contributed by atoms with E-state index in [1.807, 2.05) is 44.4 Å². The number of methoxy groups -OCH3 is 1. The molecule has 0 radical (unpaired) electrons. The van der Waals surface area contributed by atoms with Crippen LogP contribution >= 0.6 is 0 Å². The van der Waals surface area contributed by atoms with E-state index in [1.165, 1.54) is 7.11 Å². The number of aliphatic carboxylic acids is 2. The number of nitrogens with one attached hydrogen (secondary N) is 5. The van der Waals surface area contributed by atoms with Gasteiger partial charge in [0.05, 0.1) is 18.5 Å². The Kier molecular flexibility index (Phi) is 17.2. The fourth-order valence-electron chi connectivity index (χ4n) is 6.07. The predicted octanol–water partition coefficient (Wildman–Crippen LogP) is 2.56. The van der Waals surface area contributed by atoms with Gasteiger partial charge in [-0.15, -0.1) is 0 Å². The van der Waals surface area contributed by atoms with Crippen molar-refractivity contribution in [1.29, 1.82) is 0 Å². The molecule has 0 spiro atoms. The summed E-state index contributed by atoms with van der Waals surface area (Å²) in [5, 5.41) is 44.8. The minimum absolute atomic E-state index is 0.00347. The van der Waals surface area contributed by atoms with Crippen molar-refractivity contribution in [3.8, 4) is 5.75 Å². The summed E-state index contributed by atoms with van der Waals surface area (Å²) in [5.74, 6) is -3.09. The van der Waals surface area contributed by atoms with Crippen molar-refractivity contribution in [1.82, 2.24) is 25.8 Å². The van der Waals surface area contributed by atoms with Crippen molar-refractivity contribution in [2.45, 2.75) is 72.0 Å². The average Bonchev–Trinajstić information content (AvgIpc) is 3.11. The number of hydrogen-bond acceptors (Lipinski definition) is 12. The van der Waals surface area contributed by atoms with Gasteiger partial charge in [-0.2, -0.15) is 0 Å². The predicted molar refractivity (Wildman–Crippen MR) is 213 cm³/mol. The van der Waals surface area contributed by atoms with Gasteiger partial charge in [0.25, 0.3) is 6.20 Å². The van der Waals surface area contributed by atoms with E-state index in [0.29, 0.717) is 48.9 Å². The van der Waals surface area contributed by atoms with Crippen molar-refractivity contribution in [3.05, 3.63) is 76.2 Å². The molecule has 3 amide bonds. The van der Waals surface area contributed by atoms with Gasteiger partial charge in [0, 0.05) is 57.1 Å². The van der Waals surface area contributed by atoms with E-state index < -0.39 is 46.8 Å². The van der Waals surface area contributed by atoms with Crippen LogP contribution < -0.4 is 31.3 Å². The van der Waals surface area contributed by atoms with Gasteiger partial charge in [-0.3, -0.25) is 34.3 Å². The summed E-state index contributed by atoms with van der Waals surface area (Å²) in [4.78, 5) is 77.5. The summed E-state index contributed by atoms with van der Waals surface area (Å²) >= 11 is 0. The molecule has 1 heterocycles. The molecule has 18 heteroatoms. The number of ether oxygens (including phenoxy) is 1. The topological polar surface area (TPSA) is 245 Å². The molecule has 57 heavy (non-hydrogen) atoms. The van der Waals surface area contributed by atoms with Crippen LogP contribution in [0.25, 0.3) is 0 Å². The largest absolute Gasteiger partial charge is 0.497 e. The standard InChI is InChI=1S/C39H56N8O10/c1-25(2)19-30(42-34(48)20-26-7-9-27(10-8-26)40-33(24-47(55)56)41-28-11-13-29(57-6)14-12-28)36(50)44-32(38(53)54)23-46-17-15-45(16-18-46)22-31(37(51)52)43-35(49)21-39(3,4)5/h7-14,24-25,30-32,40-41H,15-23H2,1-6H3,(H,42,48)(H,43,49)(H,44,50)(H,51,52)(H,53,54)/b33-24+. The van der Waals surface area contributed by atoms with Gasteiger partial charge in [-0.25, -0.2) is 9.59 Å².